The van der Waals surface area contributed by atoms with Gasteiger partial charge in [0.25, 0.3) is 0 Å². The van der Waals surface area contributed by atoms with Crippen molar-refractivity contribution in [3.05, 3.63) is 40.5 Å². The van der Waals surface area contributed by atoms with Gasteiger partial charge in [0.05, 0.1) is 18.2 Å². The Kier molecular flexibility index (Phi) is 3.43. The van der Waals surface area contributed by atoms with Crippen LogP contribution in [-0.2, 0) is 11.3 Å². The Bertz CT molecular complexity index is 700. The minimum Gasteiger partial charge on any atom is -0.355 e. The fourth-order valence-electron chi connectivity index (χ4n) is 3.28. The second-order valence-corrected chi connectivity index (χ2v) is 6.88. The Morgan fingerprint density at radius 2 is 2.14 bits per heavy atom. The number of fused-ring (bicyclic) bond motifs is 1. The highest BCUT2D eigenvalue weighted by Gasteiger charge is 2.41. The molecule has 0 aliphatic carbocycles. The van der Waals surface area contributed by atoms with Crippen LogP contribution in [0.4, 0.5) is 4.39 Å². The lowest BCUT2D eigenvalue weighted by atomic mass is 10.0. The van der Waals surface area contributed by atoms with E-state index in [1.165, 1.54) is 12.1 Å². The van der Waals surface area contributed by atoms with Gasteiger partial charge in [-0.05, 0) is 24.3 Å². The van der Waals surface area contributed by atoms with Crippen LogP contribution in [0.3, 0.4) is 0 Å². The molecule has 2 saturated heterocycles. The van der Waals surface area contributed by atoms with E-state index in [2.05, 4.69) is 15.2 Å². The number of thiazole rings is 1. The molecule has 1 aromatic carbocycles. The number of likely N-dealkylation sites (tertiary alicyclic amines) is 1. The monoisotopic (exact) mass is 317 g/mol. The van der Waals surface area contributed by atoms with Crippen molar-refractivity contribution in [3.8, 4) is 11.3 Å². The van der Waals surface area contributed by atoms with Crippen LogP contribution in [-0.4, -0.2) is 35.4 Å². The molecule has 1 amide bonds. The largest absolute Gasteiger partial charge is 0.355 e. The molecule has 0 bridgehead atoms. The molecule has 4 rings (SSSR count). The lowest BCUT2D eigenvalue weighted by Gasteiger charge is -2.14. The summed E-state index contributed by atoms with van der Waals surface area (Å²) in [6.07, 6.45) is 0. The zero-order valence-corrected chi connectivity index (χ0v) is 12.8. The predicted octanol–water partition coefficient (Wildman–Crippen LogP) is 2.13. The van der Waals surface area contributed by atoms with Gasteiger partial charge in [0, 0.05) is 36.5 Å². The lowest BCUT2D eigenvalue weighted by molar-refractivity contribution is -0.122. The molecule has 4 nitrogen and oxygen atoms in total. The van der Waals surface area contributed by atoms with Gasteiger partial charge in [0.1, 0.15) is 10.8 Å². The maximum atomic E-state index is 13.0. The summed E-state index contributed by atoms with van der Waals surface area (Å²) in [6.45, 7) is 3.36. The van der Waals surface area contributed by atoms with E-state index in [9.17, 15) is 9.18 Å². The number of carbonyl (C=O) groups excluding carboxylic acids is 1. The highest BCUT2D eigenvalue weighted by atomic mass is 32.1. The third-order valence-electron chi connectivity index (χ3n) is 4.44. The highest BCUT2D eigenvalue weighted by Crippen LogP contribution is 2.29. The van der Waals surface area contributed by atoms with E-state index >= 15 is 0 Å². The molecule has 1 N–H and O–H groups in total. The lowest BCUT2D eigenvalue weighted by Crippen LogP contribution is -2.28. The van der Waals surface area contributed by atoms with Gasteiger partial charge in [-0.15, -0.1) is 11.3 Å². The molecule has 0 radical (unpaired) electrons. The van der Waals surface area contributed by atoms with Gasteiger partial charge in [0.15, 0.2) is 0 Å². The molecule has 2 aliphatic rings. The number of benzene rings is 1. The second-order valence-electron chi connectivity index (χ2n) is 5.94. The molecule has 3 heterocycles. The minimum absolute atomic E-state index is 0.150. The number of hydrogen-bond donors (Lipinski definition) is 1. The molecule has 2 aromatic rings. The summed E-state index contributed by atoms with van der Waals surface area (Å²) in [5, 5.41) is 5.97. The van der Waals surface area contributed by atoms with Crippen molar-refractivity contribution < 1.29 is 9.18 Å². The zero-order chi connectivity index (χ0) is 15.1. The van der Waals surface area contributed by atoms with E-state index in [1.807, 2.05) is 5.38 Å². The standard InChI is InChI=1S/C16H16FN3OS/c17-12-3-1-10(2-4-12)14-9-22-15(19-14)8-20-6-11-5-18-16(21)13(11)7-20/h1-4,9,11,13H,5-8H2,(H,18,21)/t11-,13+/m0/s1. The van der Waals surface area contributed by atoms with Crippen LogP contribution in [0.2, 0.25) is 0 Å². The molecule has 2 fully saturated rings. The first-order chi connectivity index (χ1) is 10.7. The first-order valence-corrected chi connectivity index (χ1v) is 8.27. The fourth-order valence-corrected chi connectivity index (χ4v) is 4.13. The Morgan fingerprint density at radius 1 is 1.32 bits per heavy atom. The van der Waals surface area contributed by atoms with Crippen molar-refractivity contribution in [3.63, 3.8) is 0 Å². The smallest absolute Gasteiger partial charge is 0.224 e. The van der Waals surface area contributed by atoms with Gasteiger partial charge in [-0.25, -0.2) is 9.37 Å². The Hall–Kier alpha value is -1.79. The summed E-state index contributed by atoms with van der Waals surface area (Å²) >= 11 is 1.62. The molecule has 22 heavy (non-hydrogen) atoms. The summed E-state index contributed by atoms with van der Waals surface area (Å²) in [5.41, 5.74) is 1.82. The summed E-state index contributed by atoms with van der Waals surface area (Å²) in [7, 11) is 0. The van der Waals surface area contributed by atoms with Crippen molar-refractivity contribution in [2.75, 3.05) is 19.6 Å². The SMILES string of the molecule is O=C1NC[C@H]2CN(Cc3nc(-c4ccc(F)cc4)cs3)C[C@@H]12. The van der Waals surface area contributed by atoms with Crippen LogP contribution >= 0.6 is 11.3 Å². The quantitative estimate of drug-likeness (QED) is 0.943. The van der Waals surface area contributed by atoms with Crippen LogP contribution in [0.25, 0.3) is 11.3 Å². The molecule has 2 aliphatic heterocycles. The van der Waals surface area contributed by atoms with E-state index < -0.39 is 0 Å². The normalized spacial score (nSPS) is 24.5. The average molecular weight is 317 g/mol. The first kappa shape index (κ1) is 13.8. The zero-order valence-electron chi connectivity index (χ0n) is 12.0. The van der Waals surface area contributed by atoms with Crippen LogP contribution in [0.15, 0.2) is 29.6 Å². The first-order valence-electron chi connectivity index (χ1n) is 7.39. The van der Waals surface area contributed by atoms with Gasteiger partial charge in [-0.3, -0.25) is 9.69 Å². The van der Waals surface area contributed by atoms with Gasteiger partial charge >= 0.3 is 0 Å². The topological polar surface area (TPSA) is 45.2 Å². The van der Waals surface area contributed by atoms with Crippen molar-refractivity contribution >= 4 is 17.2 Å². The van der Waals surface area contributed by atoms with Crippen molar-refractivity contribution in [2.24, 2.45) is 11.8 Å². The van der Waals surface area contributed by atoms with Crippen molar-refractivity contribution in [2.45, 2.75) is 6.54 Å². The van der Waals surface area contributed by atoms with Crippen LogP contribution in [0.5, 0.6) is 0 Å². The van der Waals surface area contributed by atoms with E-state index in [4.69, 9.17) is 0 Å². The maximum Gasteiger partial charge on any atom is 0.224 e. The van der Waals surface area contributed by atoms with E-state index in [0.717, 1.165) is 42.4 Å². The second kappa shape index (κ2) is 5.44. The third-order valence-corrected chi connectivity index (χ3v) is 5.28. The number of aromatic nitrogens is 1. The molecule has 114 valence electrons. The number of hydrogen-bond acceptors (Lipinski definition) is 4. The highest BCUT2D eigenvalue weighted by molar-refractivity contribution is 7.09. The number of nitrogens with one attached hydrogen (secondary N) is 1. The van der Waals surface area contributed by atoms with Crippen LogP contribution in [0.1, 0.15) is 5.01 Å². The summed E-state index contributed by atoms with van der Waals surface area (Å²) < 4.78 is 13.0. The number of amides is 1. The maximum absolute atomic E-state index is 13.0. The fraction of sp³-hybridized carbons (Fsp3) is 0.375. The third kappa shape index (κ3) is 2.53. The molecule has 6 heteroatoms. The summed E-state index contributed by atoms with van der Waals surface area (Å²) in [6, 6.07) is 6.40. The number of halogens is 1. The molecule has 0 unspecified atom stereocenters. The van der Waals surface area contributed by atoms with Gasteiger partial charge in [-0.1, -0.05) is 0 Å². The van der Waals surface area contributed by atoms with Crippen molar-refractivity contribution in [1.82, 2.24) is 15.2 Å². The van der Waals surface area contributed by atoms with Crippen LogP contribution < -0.4 is 5.32 Å². The predicted molar refractivity (Wildman–Crippen MR) is 82.8 cm³/mol. The summed E-state index contributed by atoms with van der Waals surface area (Å²) in [5.74, 6) is 0.556. The molecule has 0 spiro atoms. The average Bonchev–Trinajstić information content (AvgIpc) is 3.19. The van der Waals surface area contributed by atoms with Gasteiger partial charge in [0.2, 0.25) is 5.91 Å². The molecular formula is C16H16FN3OS. The number of nitrogens with zero attached hydrogens (tertiary/aromatic N) is 2. The minimum atomic E-state index is -0.235. The van der Waals surface area contributed by atoms with E-state index in [0.29, 0.717) is 5.92 Å². The molecular weight excluding hydrogens is 301 g/mol. The Morgan fingerprint density at radius 3 is 2.91 bits per heavy atom. The van der Waals surface area contributed by atoms with E-state index in [1.54, 1.807) is 23.5 Å². The van der Waals surface area contributed by atoms with Gasteiger partial charge < -0.3 is 5.32 Å². The number of rotatable bonds is 3. The molecule has 2 atom stereocenters. The summed E-state index contributed by atoms with van der Waals surface area (Å²) in [4.78, 5) is 18.6. The Labute approximate surface area is 132 Å². The van der Waals surface area contributed by atoms with Crippen LogP contribution in [0, 0.1) is 17.7 Å². The van der Waals surface area contributed by atoms with Crippen molar-refractivity contribution in [1.29, 1.82) is 0 Å². The van der Waals surface area contributed by atoms with E-state index in [-0.39, 0.29) is 17.6 Å². The molecule has 0 saturated carbocycles. The Balaban J connectivity index is 1.44. The molecule has 1 aromatic heterocycles. The van der Waals surface area contributed by atoms with Gasteiger partial charge in [-0.2, -0.15) is 0 Å². The number of carbonyl (C=O) groups is 1.